The Morgan fingerprint density at radius 2 is 1.94 bits per heavy atom. The van der Waals surface area contributed by atoms with Crippen molar-refractivity contribution in [1.29, 1.82) is 5.26 Å². The minimum atomic E-state index is -0.626. The predicted molar refractivity (Wildman–Crippen MR) is 128 cm³/mol. The Kier molecular flexibility index (Phi) is 6.85. The van der Waals surface area contributed by atoms with Crippen LogP contribution in [-0.2, 0) is 6.61 Å². The molecule has 4 aromatic rings. The Hall–Kier alpha value is -4.16. The Bertz CT molecular complexity index is 1500. The van der Waals surface area contributed by atoms with Gasteiger partial charge >= 0.3 is 0 Å². The molecule has 0 amide bonds. The summed E-state index contributed by atoms with van der Waals surface area (Å²) in [7, 11) is 0. The number of rotatable bonds is 6. The molecule has 0 aromatic carbocycles. The molecule has 0 aliphatic rings. The molecule has 0 saturated carbocycles. The average Bonchev–Trinajstić information content (AvgIpc) is 2.86. The lowest BCUT2D eigenvalue weighted by molar-refractivity contribution is 0.300. The molecule has 0 N–H and O–H groups in total. The van der Waals surface area contributed by atoms with Crippen LogP contribution in [0.3, 0.4) is 0 Å². The molecule has 35 heavy (non-hydrogen) atoms. The summed E-state index contributed by atoms with van der Waals surface area (Å²) in [6.07, 6.45) is 4.32. The molecule has 0 radical (unpaired) electrons. The predicted octanol–water partition coefficient (Wildman–Crippen LogP) is 4.76. The van der Waals surface area contributed by atoms with Gasteiger partial charge in [-0.1, -0.05) is 25.4 Å². The number of aryl methyl sites for hydroxylation is 1. The zero-order valence-electron chi connectivity index (χ0n) is 19.2. The molecule has 0 aliphatic heterocycles. The Morgan fingerprint density at radius 1 is 1.14 bits per heavy atom. The van der Waals surface area contributed by atoms with Crippen molar-refractivity contribution in [2.24, 2.45) is 0 Å². The van der Waals surface area contributed by atoms with Gasteiger partial charge in [0, 0.05) is 24.4 Å². The molecule has 4 aromatic heterocycles. The van der Waals surface area contributed by atoms with E-state index in [1.807, 2.05) is 19.9 Å². The minimum Gasteiger partial charge on any atom is -0.485 e. The van der Waals surface area contributed by atoms with Crippen LogP contribution in [0, 0.1) is 24.1 Å². The number of nitriles is 1. The van der Waals surface area contributed by atoms with Crippen LogP contribution in [0.15, 0.2) is 53.7 Å². The molecule has 176 valence electrons. The molecule has 0 unspecified atom stereocenters. The smallest absolute Gasteiger partial charge is 0.278 e. The van der Waals surface area contributed by atoms with Crippen LogP contribution in [-0.4, -0.2) is 24.5 Å². The van der Waals surface area contributed by atoms with Crippen molar-refractivity contribution in [2.45, 2.75) is 33.3 Å². The molecule has 8 nitrogen and oxygen atoms in total. The molecule has 0 aliphatic carbocycles. The lowest BCUT2D eigenvalue weighted by atomic mass is 10.1. The van der Waals surface area contributed by atoms with Gasteiger partial charge in [-0.2, -0.15) is 5.26 Å². The lowest BCUT2D eigenvalue weighted by Gasteiger charge is -2.15. The highest BCUT2D eigenvalue weighted by molar-refractivity contribution is 6.31. The van der Waals surface area contributed by atoms with E-state index in [0.717, 1.165) is 6.20 Å². The van der Waals surface area contributed by atoms with E-state index in [1.54, 1.807) is 31.5 Å². The van der Waals surface area contributed by atoms with Crippen LogP contribution in [0.25, 0.3) is 17.1 Å². The molecule has 0 atom stereocenters. The van der Waals surface area contributed by atoms with Crippen molar-refractivity contribution in [3.05, 3.63) is 92.9 Å². The number of hydrogen-bond donors (Lipinski definition) is 0. The Morgan fingerprint density at radius 3 is 2.63 bits per heavy atom. The summed E-state index contributed by atoms with van der Waals surface area (Å²) in [5.74, 6) is 0.348. The first-order valence-corrected chi connectivity index (χ1v) is 11.1. The second kappa shape index (κ2) is 9.99. The molecule has 4 heterocycles. The van der Waals surface area contributed by atoms with E-state index < -0.39 is 11.4 Å². The number of halogens is 2. The number of nitrogens with zero attached hydrogens (tertiary/aromatic N) is 6. The van der Waals surface area contributed by atoms with Crippen LogP contribution in [0.4, 0.5) is 4.39 Å². The number of hydrogen-bond acceptors (Lipinski definition) is 7. The first-order chi connectivity index (χ1) is 16.8. The fourth-order valence-corrected chi connectivity index (χ4v) is 3.52. The van der Waals surface area contributed by atoms with Crippen LogP contribution in [0.2, 0.25) is 5.02 Å². The number of aromatic nitrogens is 5. The normalized spacial score (nSPS) is 10.9. The second-order valence-electron chi connectivity index (χ2n) is 8.03. The van der Waals surface area contributed by atoms with Gasteiger partial charge in [-0.05, 0) is 36.8 Å². The lowest BCUT2D eigenvalue weighted by Crippen LogP contribution is -2.23. The van der Waals surface area contributed by atoms with E-state index in [-0.39, 0.29) is 29.0 Å². The van der Waals surface area contributed by atoms with E-state index >= 15 is 0 Å². The van der Waals surface area contributed by atoms with Gasteiger partial charge in [-0.15, -0.1) is 0 Å². The van der Waals surface area contributed by atoms with Gasteiger partial charge < -0.3 is 4.74 Å². The summed E-state index contributed by atoms with van der Waals surface area (Å²) >= 11 is 6.35. The van der Waals surface area contributed by atoms with Crippen LogP contribution in [0.5, 0.6) is 5.75 Å². The van der Waals surface area contributed by atoms with E-state index in [4.69, 9.17) is 16.3 Å². The Labute approximate surface area is 205 Å². The number of pyridine rings is 3. The molecular weight excluding hydrogens is 471 g/mol. The molecule has 4 rings (SSSR count). The van der Waals surface area contributed by atoms with Gasteiger partial charge in [0.1, 0.15) is 40.8 Å². The maximum atomic E-state index is 13.3. The molecule has 10 heteroatoms. The third-order valence-corrected chi connectivity index (χ3v) is 5.51. The minimum absolute atomic E-state index is 0.0206. The highest BCUT2D eigenvalue weighted by atomic mass is 35.5. The summed E-state index contributed by atoms with van der Waals surface area (Å²) in [5.41, 5.74) is 2.04. The van der Waals surface area contributed by atoms with Gasteiger partial charge in [0.25, 0.3) is 5.56 Å². The maximum Gasteiger partial charge on any atom is 0.278 e. The third kappa shape index (κ3) is 5.03. The largest absolute Gasteiger partial charge is 0.485 e. The van der Waals surface area contributed by atoms with E-state index in [0.29, 0.717) is 34.2 Å². The highest BCUT2D eigenvalue weighted by Crippen LogP contribution is 2.27. The fraction of sp³-hybridized carbons (Fsp3) is 0.200. The van der Waals surface area contributed by atoms with Gasteiger partial charge in [0.15, 0.2) is 0 Å². The molecule has 0 bridgehead atoms. The van der Waals surface area contributed by atoms with Crippen LogP contribution < -0.4 is 10.3 Å². The number of ether oxygens (including phenoxy) is 1. The summed E-state index contributed by atoms with van der Waals surface area (Å²) in [5, 5.41) is 9.61. The second-order valence-corrected chi connectivity index (χ2v) is 8.41. The Balaban J connectivity index is 1.76. The van der Waals surface area contributed by atoms with Crippen LogP contribution in [0.1, 0.15) is 42.5 Å². The summed E-state index contributed by atoms with van der Waals surface area (Å²) < 4.78 is 19.9. The molecule has 0 saturated heterocycles. The van der Waals surface area contributed by atoms with Crippen molar-refractivity contribution in [1.82, 2.24) is 24.5 Å². The van der Waals surface area contributed by atoms with Crippen molar-refractivity contribution >= 4 is 11.6 Å². The van der Waals surface area contributed by atoms with Gasteiger partial charge in [-0.3, -0.25) is 19.3 Å². The van der Waals surface area contributed by atoms with E-state index in [1.165, 1.54) is 22.8 Å². The fourth-order valence-electron chi connectivity index (χ4n) is 3.32. The molecule has 0 fully saturated rings. The van der Waals surface area contributed by atoms with Crippen molar-refractivity contribution in [2.75, 3.05) is 0 Å². The topological polar surface area (TPSA) is 107 Å². The SMILES string of the molecule is Cc1cnc(-c2ccnc(C(C)C)n2)cc1-n1c(C#N)cc(OCc2ccc(F)cn2)c(Cl)c1=O. The quantitative estimate of drug-likeness (QED) is 0.383. The van der Waals surface area contributed by atoms with Crippen molar-refractivity contribution in [3.8, 4) is 28.9 Å². The highest BCUT2D eigenvalue weighted by Gasteiger charge is 2.19. The molecule has 0 spiro atoms. The summed E-state index contributed by atoms with van der Waals surface area (Å²) in [6, 6.07) is 9.53. The van der Waals surface area contributed by atoms with Gasteiger partial charge in [0.2, 0.25) is 0 Å². The zero-order valence-corrected chi connectivity index (χ0v) is 19.9. The maximum absolute atomic E-state index is 13.3. The summed E-state index contributed by atoms with van der Waals surface area (Å²) in [6.45, 7) is 5.70. The van der Waals surface area contributed by atoms with Crippen molar-refractivity contribution < 1.29 is 9.13 Å². The van der Waals surface area contributed by atoms with E-state index in [2.05, 4.69) is 19.9 Å². The van der Waals surface area contributed by atoms with E-state index in [9.17, 15) is 14.4 Å². The average molecular weight is 491 g/mol. The standard InChI is InChI=1S/C25H20ClFN6O2/c1-14(2)24-29-7-6-19(32-24)20-9-21(15(3)11-31-20)33-18(10-28)8-22(23(26)25(33)34)35-13-17-5-4-16(27)12-30-17/h4-9,11-12,14H,13H2,1-3H3. The van der Waals surface area contributed by atoms with Gasteiger partial charge in [-0.25, -0.2) is 14.4 Å². The first kappa shape index (κ1) is 24.0. The third-order valence-electron chi connectivity index (χ3n) is 5.16. The van der Waals surface area contributed by atoms with Crippen LogP contribution >= 0.6 is 11.6 Å². The van der Waals surface area contributed by atoms with Crippen molar-refractivity contribution in [3.63, 3.8) is 0 Å². The summed E-state index contributed by atoms with van der Waals surface area (Å²) in [4.78, 5) is 30.5. The molecular formula is C25H20ClFN6O2. The zero-order chi connectivity index (χ0) is 25.1. The monoisotopic (exact) mass is 490 g/mol. The van der Waals surface area contributed by atoms with Gasteiger partial charge in [0.05, 0.1) is 29.0 Å². The first-order valence-electron chi connectivity index (χ1n) is 10.7.